The summed E-state index contributed by atoms with van der Waals surface area (Å²) in [5.74, 6) is 1.09. The molecule has 2 N–H and O–H groups in total. The van der Waals surface area contributed by atoms with Gasteiger partial charge in [0.05, 0.1) is 39.6 Å². The molecule has 1 aliphatic rings. The molecule has 4 nitrogen and oxygen atoms in total. The largest absolute Gasteiger partial charge is 0.394 e. The topological polar surface area (TPSA) is 58.9 Å². The fourth-order valence-electron chi connectivity index (χ4n) is 5.74. The van der Waals surface area contributed by atoms with Gasteiger partial charge in [-0.1, -0.05) is 70.4 Å². The Morgan fingerprint density at radius 1 is 0.762 bits per heavy atom. The van der Waals surface area contributed by atoms with Crippen molar-refractivity contribution in [2.75, 3.05) is 39.6 Å². The normalized spacial score (nSPS) is 19.4. The zero-order valence-corrected chi connectivity index (χ0v) is 28.1. The van der Waals surface area contributed by atoms with E-state index in [0.29, 0.717) is 44.2 Å². The van der Waals surface area contributed by atoms with Gasteiger partial charge in [0.25, 0.3) is 0 Å². The Bertz CT molecular complexity index is 896. The van der Waals surface area contributed by atoms with E-state index in [1.807, 2.05) is 0 Å². The number of aliphatic hydroxyl groups is 2. The summed E-state index contributed by atoms with van der Waals surface area (Å²) >= 11 is 0. The van der Waals surface area contributed by atoms with Crippen LogP contribution in [0.3, 0.4) is 0 Å². The standard InChI is InChI=1S/C38H64O4/c1-30(2)12-8-14-32(5)16-10-17-34(7)20-21-36-26-35(19-11-18-33(6)15-9-13-31(3)4)27-37(28-41-24-22-39)38(36)29-42-25-23-40/h12-13,16,18,26,36-40H,7-11,14-15,17,19-25,27-29H2,1-6H3/b32-16+,33-18+/t36-,37+,38-/m0/s1. The number of ether oxygens (including phenoxy) is 2. The third-order valence-electron chi connectivity index (χ3n) is 8.21. The van der Waals surface area contributed by atoms with Crippen LogP contribution in [0.2, 0.25) is 0 Å². The van der Waals surface area contributed by atoms with E-state index >= 15 is 0 Å². The molecule has 0 spiro atoms. The lowest BCUT2D eigenvalue weighted by Gasteiger charge is -2.37. The molecule has 0 saturated heterocycles. The Morgan fingerprint density at radius 2 is 1.31 bits per heavy atom. The molecule has 0 aromatic carbocycles. The van der Waals surface area contributed by atoms with Gasteiger partial charge in [-0.05, 0) is 130 Å². The molecule has 0 aliphatic heterocycles. The Morgan fingerprint density at radius 3 is 1.88 bits per heavy atom. The molecule has 4 heteroatoms. The second kappa shape index (κ2) is 23.7. The van der Waals surface area contributed by atoms with Gasteiger partial charge in [0.1, 0.15) is 0 Å². The Hall–Kier alpha value is -1.72. The van der Waals surface area contributed by atoms with Gasteiger partial charge in [-0.2, -0.15) is 0 Å². The van der Waals surface area contributed by atoms with Crippen LogP contribution in [0.1, 0.15) is 112 Å². The number of aliphatic hydroxyl groups excluding tert-OH is 2. The van der Waals surface area contributed by atoms with E-state index in [4.69, 9.17) is 9.47 Å². The first-order valence-corrected chi connectivity index (χ1v) is 16.5. The third-order valence-corrected chi connectivity index (χ3v) is 8.21. The van der Waals surface area contributed by atoms with Crippen LogP contribution < -0.4 is 0 Å². The third kappa shape index (κ3) is 18.7. The highest BCUT2D eigenvalue weighted by atomic mass is 16.5. The van der Waals surface area contributed by atoms with Crippen LogP contribution >= 0.6 is 0 Å². The highest BCUT2D eigenvalue weighted by molar-refractivity contribution is 5.15. The maximum atomic E-state index is 9.32. The van der Waals surface area contributed by atoms with Crippen LogP contribution in [0.15, 0.2) is 70.4 Å². The van der Waals surface area contributed by atoms with E-state index in [-0.39, 0.29) is 13.2 Å². The molecule has 0 fully saturated rings. The zero-order valence-electron chi connectivity index (χ0n) is 28.1. The molecule has 1 rings (SSSR count). The number of hydrogen-bond donors (Lipinski definition) is 2. The fourth-order valence-corrected chi connectivity index (χ4v) is 5.74. The molecule has 0 bridgehead atoms. The molecule has 0 unspecified atom stereocenters. The molecule has 0 aromatic rings. The number of hydrogen-bond acceptors (Lipinski definition) is 4. The van der Waals surface area contributed by atoms with Crippen molar-refractivity contribution in [1.29, 1.82) is 0 Å². The quantitative estimate of drug-likeness (QED) is 0.0927. The molecule has 240 valence electrons. The van der Waals surface area contributed by atoms with Gasteiger partial charge in [0, 0.05) is 0 Å². The van der Waals surface area contributed by atoms with Gasteiger partial charge in [0.2, 0.25) is 0 Å². The Balaban J connectivity index is 2.87. The Kier molecular flexibility index (Phi) is 21.6. The monoisotopic (exact) mass is 584 g/mol. The number of allylic oxidation sites excluding steroid dienone is 11. The molecule has 0 radical (unpaired) electrons. The second-order valence-corrected chi connectivity index (χ2v) is 12.8. The average molecular weight is 585 g/mol. The summed E-state index contributed by atoms with van der Waals surface area (Å²) in [6.45, 7) is 19.7. The van der Waals surface area contributed by atoms with Crippen molar-refractivity contribution < 1.29 is 19.7 Å². The van der Waals surface area contributed by atoms with Crippen LogP contribution in [-0.4, -0.2) is 49.9 Å². The Labute approximate surface area is 259 Å². The van der Waals surface area contributed by atoms with Gasteiger partial charge in [0.15, 0.2) is 0 Å². The van der Waals surface area contributed by atoms with E-state index in [0.717, 1.165) is 70.6 Å². The lowest BCUT2D eigenvalue weighted by molar-refractivity contribution is -0.00380. The second-order valence-electron chi connectivity index (χ2n) is 12.8. The SMILES string of the molecule is C=C(CC/C=C(\C)CCC=C(C)C)CC[C@H]1C=C(CC/C=C(\C)CCC=C(C)C)C[C@H](COCCO)[C@H]1COCCO. The molecule has 0 heterocycles. The van der Waals surface area contributed by atoms with Crippen molar-refractivity contribution in [1.82, 2.24) is 0 Å². The van der Waals surface area contributed by atoms with Crippen molar-refractivity contribution in [3.05, 3.63) is 70.4 Å². The first kappa shape index (κ1) is 38.3. The smallest absolute Gasteiger partial charge is 0.0697 e. The molecule has 0 saturated carbocycles. The highest BCUT2D eigenvalue weighted by Gasteiger charge is 2.33. The summed E-state index contributed by atoms with van der Waals surface area (Å²) in [6, 6.07) is 0. The lowest BCUT2D eigenvalue weighted by atomic mass is 9.71. The molecule has 0 amide bonds. The van der Waals surface area contributed by atoms with E-state index in [2.05, 4.69) is 78.5 Å². The predicted molar refractivity (Wildman–Crippen MR) is 181 cm³/mol. The summed E-state index contributed by atoms with van der Waals surface area (Å²) in [7, 11) is 0. The minimum atomic E-state index is 0.0432. The van der Waals surface area contributed by atoms with Crippen LogP contribution in [0.25, 0.3) is 0 Å². The van der Waals surface area contributed by atoms with E-state index in [1.54, 1.807) is 0 Å². The molecule has 3 atom stereocenters. The molecular weight excluding hydrogens is 520 g/mol. The lowest BCUT2D eigenvalue weighted by Crippen LogP contribution is -2.34. The summed E-state index contributed by atoms with van der Waals surface area (Å²) in [5.41, 5.74) is 8.55. The highest BCUT2D eigenvalue weighted by Crippen LogP contribution is 2.39. The minimum absolute atomic E-state index is 0.0432. The first-order chi connectivity index (χ1) is 20.2. The first-order valence-electron chi connectivity index (χ1n) is 16.5. The van der Waals surface area contributed by atoms with Crippen molar-refractivity contribution in [2.45, 2.75) is 112 Å². The minimum Gasteiger partial charge on any atom is -0.394 e. The van der Waals surface area contributed by atoms with Crippen molar-refractivity contribution in [3.63, 3.8) is 0 Å². The van der Waals surface area contributed by atoms with Gasteiger partial charge in [-0.3, -0.25) is 0 Å². The summed E-state index contributed by atoms with van der Waals surface area (Å²) in [4.78, 5) is 0. The van der Waals surface area contributed by atoms with Crippen molar-refractivity contribution in [3.8, 4) is 0 Å². The van der Waals surface area contributed by atoms with Crippen LogP contribution in [0, 0.1) is 17.8 Å². The molecule has 1 aliphatic carbocycles. The van der Waals surface area contributed by atoms with Crippen molar-refractivity contribution >= 4 is 0 Å². The van der Waals surface area contributed by atoms with Crippen LogP contribution in [-0.2, 0) is 9.47 Å². The van der Waals surface area contributed by atoms with Gasteiger partial charge in [-0.15, -0.1) is 0 Å². The predicted octanol–water partition coefficient (Wildman–Crippen LogP) is 9.47. The fraction of sp³-hybridized carbons (Fsp3) is 0.684. The maximum Gasteiger partial charge on any atom is 0.0697 e. The van der Waals surface area contributed by atoms with E-state index < -0.39 is 0 Å². The number of rotatable bonds is 23. The van der Waals surface area contributed by atoms with E-state index in [9.17, 15) is 10.2 Å². The van der Waals surface area contributed by atoms with Gasteiger partial charge in [-0.25, -0.2) is 0 Å². The van der Waals surface area contributed by atoms with Crippen LogP contribution in [0.5, 0.6) is 0 Å². The zero-order chi connectivity index (χ0) is 31.2. The summed E-state index contributed by atoms with van der Waals surface area (Å²) in [5, 5.41) is 18.6. The molecule has 0 aromatic heterocycles. The molecular formula is C38H64O4. The van der Waals surface area contributed by atoms with E-state index in [1.165, 1.54) is 33.4 Å². The van der Waals surface area contributed by atoms with Gasteiger partial charge >= 0.3 is 0 Å². The van der Waals surface area contributed by atoms with Gasteiger partial charge < -0.3 is 19.7 Å². The van der Waals surface area contributed by atoms with Crippen LogP contribution in [0.4, 0.5) is 0 Å². The van der Waals surface area contributed by atoms with Crippen molar-refractivity contribution in [2.24, 2.45) is 17.8 Å². The summed E-state index contributed by atoms with van der Waals surface area (Å²) < 4.78 is 11.8. The maximum absolute atomic E-state index is 9.32. The summed E-state index contributed by atoms with van der Waals surface area (Å²) in [6.07, 6.45) is 23.8. The molecule has 42 heavy (non-hydrogen) atoms. The average Bonchev–Trinajstić information content (AvgIpc) is 2.92.